The zero-order valence-corrected chi connectivity index (χ0v) is 10.2. The molecule has 7 heteroatoms. The molecule has 0 spiro atoms. The molecule has 0 amide bonds. The van der Waals surface area contributed by atoms with Crippen molar-refractivity contribution in [3.8, 4) is 5.75 Å². The molecule has 1 aromatic carbocycles. The molecule has 0 atom stereocenters. The van der Waals surface area contributed by atoms with Gasteiger partial charge in [0.15, 0.2) is 11.6 Å². The van der Waals surface area contributed by atoms with E-state index in [1.54, 1.807) is 0 Å². The normalized spacial score (nSPS) is 11.9. The van der Waals surface area contributed by atoms with Gasteiger partial charge in [0, 0.05) is 16.2 Å². The van der Waals surface area contributed by atoms with Gasteiger partial charge in [0.05, 0.1) is 4.90 Å². The van der Waals surface area contributed by atoms with Crippen LogP contribution in [0.2, 0.25) is 0 Å². The first-order chi connectivity index (χ1) is 7.45. The van der Waals surface area contributed by atoms with E-state index in [4.69, 9.17) is 27.0 Å². The quantitative estimate of drug-likeness (QED) is 0.799. The average Bonchev–Trinajstić information content (AvgIpc) is 2.19. The van der Waals surface area contributed by atoms with Crippen molar-refractivity contribution in [2.75, 3.05) is 6.61 Å². The third-order valence-electron chi connectivity index (χ3n) is 1.61. The summed E-state index contributed by atoms with van der Waals surface area (Å²) < 4.78 is 40.0. The molecule has 1 aromatic rings. The van der Waals surface area contributed by atoms with Crippen molar-refractivity contribution in [2.24, 2.45) is 0 Å². The van der Waals surface area contributed by atoms with Gasteiger partial charge >= 0.3 is 0 Å². The number of rotatable bonds is 4. The highest BCUT2D eigenvalue weighted by molar-refractivity contribution is 8.13. The summed E-state index contributed by atoms with van der Waals surface area (Å²) in [6.45, 7) is 0.0907. The van der Waals surface area contributed by atoms with Crippen LogP contribution in [-0.4, -0.2) is 15.0 Å². The lowest BCUT2D eigenvalue weighted by Gasteiger charge is -2.05. The van der Waals surface area contributed by atoms with Gasteiger partial charge in [-0.15, -0.1) is 0 Å². The summed E-state index contributed by atoms with van der Waals surface area (Å²) in [6.07, 6.45) is 1.47. The van der Waals surface area contributed by atoms with Gasteiger partial charge < -0.3 is 4.74 Å². The van der Waals surface area contributed by atoms with Crippen molar-refractivity contribution in [1.29, 1.82) is 0 Å². The van der Waals surface area contributed by atoms with E-state index in [0.29, 0.717) is 0 Å². The molecule has 0 unspecified atom stereocenters. The van der Waals surface area contributed by atoms with E-state index < -0.39 is 14.9 Å². The monoisotopic (exact) mass is 284 g/mol. The van der Waals surface area contributed by atoms with Crippen LogP contribution in [0.3, 0.4) is 0 Å². The van der Waals surface area contributed by atoms with Crippen LogP contribution < -0.4 is 4.74 Å². The molecule has 0 bridgehead atoms. The van der Waals surface area contributed by atoms with Crippen molar-refractivity contribution in [3.05, 3.63) is 35.6 Å². The van der Waals surface area contributed by atoms with Gasteiger partial charge in [-0.1, -0.05) is 11.6 Å². The summed E-state index contributed by atoms with van der Waals surface area (Å²) in [4.78, 5) is -0.313. The zero-order valence-electron chi connectivity index (χ0n) is 7.86. The second-order valence-electron chi connectivity index (χ2n) is 2.70. The van der Waals surface area contributed by atoms with Crippen LogP contribution in [-0.2, 0) is 9.05 Å². The number of halogens is 3. The minimum atomic E-state index is -3.93. The third kappa shape index (κ3) is 3.66. The molecular weight excluding hydrogens is 278 g/mol. The summed E-state index contributed by atoms with van der Waals surface area (Å²) in [5.74, 6) is -0.872. The molecule has 0 aliphatic rings. The predicted molar refractivity (Wildman–Crippen MR) is 59.9 cm³/mol. The molecule has 0 aliphatic carbocycles. The lowest BCUT2D eigenvalue weighted by atomic mass is 10.3. The molecule has 0 aromatic heterocycles. The fourth-order valence-electron chi connectivity index (χ4n) is 0.925. The lowest BCUT2D eigenvalue weighted by molar-refractivity contribution is 0.341. The van der Waals surface area contributed by atoms with Crippen LogP contribution in [0, 0.1) is 5.82 Å². The number of hydrogen-bond donors (Lipinski definition) is 0. The molecule has 0 radical (unpaired) electrons. The van der Waals surface area contributed by atoms with Crippen LogP contribution in [0.15, 0.2) is 34.7 Å². The van der Waals surface area contributed by atoms with Crippen LogP contribution in [0.25, 0.3) is 0 Å². The number of ether oxygens (including phenoxy) is 1. The Bertz CT molecular complexity index is 499. The van der Waals surface area contributed by atoms with Gasteiger partial charge in [0.1, 0.15) is 6.61 Å². The standard InChI is InChI=1S/C9H7Cl2FO3S/c10-4-1-5-15-9-3-2-7(6-8(9)12)16(11,13)14/h1-4,6H,5H2/b4-1+. The largest absolute Gasteiger partial charge is 0.486 e. The minimum absolute atomic E-state index is 0.0705. The first kappa shape index (κ1) is 13.3. The highest BCUT2D eigenvalue weighted by Crippen LogP contribution is 2.23. The molecule has 3 nitrogen and oxygen atoms in total. The van der Waals surface area contributed by atoms with Gasteiger partial charge in [0.2, 0.25) is 0 Å². The Kier molecular flexibility index (Phi) is 4.58. The van der Waals surface area contributed by atoms with Crippen LogP contribution in [0.5, 0.6) is 5.75 Å². The lowest BCUT2D eigenvalue weighted by Crippen LogP contribution is -1.98. The maximum absolute atomic E-state index is 13.3. The Morgan fingerprint density at radius 3 is 2.62 bits per heavy atom. The Labute approximate surface area is 102 Å². The Balaban J connectivity index is 2.92. The summed E-state index contributed by atoms with van der Waals surface area (Å²) in [5, 5.41) is 0. The zero-order chi connectivity index (χ0) is 12.2. The SMILES string of the molecule is O=S(=O)(Cl)c1ccc(OC/C=C/Cl)c(F)c1. The van der Waals surface area contributed by atoms with E-state index in [1.807, 2.05) is 0 Å². The molecular formula is C9H7Cl2FO3S. The van der Waals surface area contributed by atoms with Gasteiger partial charge in [-0.25, -0.2) is 12.8 Å². The highest BCUT2D eigenvalue weighted by atomic mass is 35.7. The van der Waals surface area contributed by atoms with Crippen LogP contribution in [0.1, 0.15) is 0 Å². The first-order valence-electron chi connectivity index (χ1n) is 4.07. The van der Waals surface area contributed by atoms with E-state index in [9.17, 15) is 12.8 Å². The fourth-order valence-corrected chi connectivity index (χ4v) is 1.76. The second-order valence-corrected chi connectivity index (χ2v) is 5.52. The Morgan fingerprint density at radius 1 is 1.44 bits per heavy atom. The molecule has 0 saturated carbocycles. The molecule has 1 rings (SSSR count). The average molecular weight is 285 g/mol. The summed E-state index contributed by atoms with van der Waals surface area (Å²) in [7, 11) is 1.12. The van der Waals surface area contributed by atoms with Crippen molar-refractivity contribution >= 4 is 31.3 Å². The third-order valence-corrected chi connectivity index (χ3v) is 3.14. The van der Waals surface area contributed by atoms with E-state index in [2.05, 4.69) is 0 Å². The highest BCUT2D eigenvalue weighted by Gasteiger charge is 2.13. The van der Waals surface area contributed by atoms with E-state index >= 15 is 0 Å². The summed E-state index contributed by atoms with van der Waals surface area (Å²) in [6, 6.07) is 3.14. The van der Waals surface area contributed by atoms with E-state index in [1.165, 1.54) is 17.7 Å². The molecule has 0 fully saturated rings. The van der Waals surface area contributed by atoms with Gasteiger partial charge in [-0.05, 0) is 24.3 Å². The Hall–Kier alpha value is -0.780. The number of hydrogen-bond acceptors (Lipinski definition) is 3. The molecule has 16 heavy (non-hydrogen) atoms. The number of benzene rings is 1. The van der Waals surface area contributed by atoms with Crippen LogP contribution in [0.4, 0.5) is 4.39 Å². The van der Waals surface area contributed by atoms with Gasteiger partial charge in [0.25, 0.3) is 9.05 Å². The first-order valence-corrected chi connectivity index (χ1v) is 6.82. The van der Waals surface area contributed by atoms with Crippen molar-refractivity contribution < 1.29 is 17.5 Å². The smallest absolute Gasteiger partial charge is 0.261 e. The molecule has 88 valence electrons. The van der Waals surface area contributed by atoms with E-state index in [-0.39, 0.29) is 17.3 Å². The van der Waals surface area contributed by atoms with Crippen molar-refractivity contribution in [2.45, 2.75) is 4.90 Å². The summed E-state index contributed by atoms with van der Waals surface area (Å²) >= 11 is 5.24. The molecule has 0 saturated heterocycles. The molecule has 0 aliphatic heterocycles. The Morgan fingerprint density at radius 2 is 2.12 bits per heavy atom. The van der Waals surface area contributed by atoms with Crippen LogP contribution >= 0.6 is 22.3 Å². The second kappa shape index (κ2) is 5.52. The molecule has 0 N–H and O–H groups in total. The predicted octanol–water partition coefficient (Wildman–Crippen LogP) is 2.88. The topological polar surface area (TPSA) is 43.4 Å². The summed E-state index contributed by atoms with van der Waals surface area (Å²) in [5.41, 5.74) is 1.23. The van der Waals surface area contributed by atoms with Gasteiger partial charge in [-0.3, -0.25) is 0 Å². The maximum atomic E-state index is 13.3. The van der Waals surface area contributed by atoms with Gasteiger partial charge in [-0.2, -0.15) is 0 Å². The molecule has 0 heterocycles. The van der Waals surface area contributed by atoms with E-state index in [0.717, 1.165) is 12.1 Å². The van der Waals surface area contributed by atoms with Crippen molar-refractivity contribution in [1.82, 2.24) is 0 Å². The fraction of sp³-hybridized carbons (Fsp3) is 0.111. The maximum Gasteiger partial charge on any atom is 0.261 e. The minimum Gasteiger partial charge on any atom is -0.486 e. The van der Waals surface area contributed by atoms with Crippen molar-refractivity contribution in [3.63, 3.8) is 0 Å².